The third kappa shape index (κ3) is 4.22. The largest absolute Gasteiger partial charge is 0.484 e. The van der Waals surface area contributed by atoms with Crippen molar-refractivity contribution < 1.29 is 14.1 Å². The zero-order valence-electron chi connectivity index (χ0n) is 17.4. The molecule has 162 valence electrons. The molecule has 1 amide bonds. The van der Waals surface area contributed by atoms with Crippen LogP contribution in [0.1, 0.15) is 31.2 Å². The molecule has 0 radical (unpaired) electrons. The van der Waals surface area contributed by atoms with Crippen molar-refractivity contribution in [1.29, 1.82) is 0 Å². The van der Waals surface area contributed by atoms with E-state index in [1.807, 2.05) is 54.7 Å². The van der Waals surface area contributed by atoms with Gasteiger partial charge in [-0.3, -0.25) is 4.79 Å². The molecule has 1 fully saturated rings. The van der Waals surface area contributed by atoms with E-state index in [1.165, 1.54) is 0 Å². The molecule has 1 unspecified atom stereocenters. The second-order valence-corrected chi connectivity index (χ2v) is 7.51. The van der Waals surface area contributed by atoms with E-state index >= 15 is 0 Å². The van der Waals surface area contributed by atoms with Crippen LogP contribution in [0, 0.1) is 0 Å². The van der Waals surface area contributed by atoms with Crippen LogP contribution in [0.25, 0.3) is 17.2 Å². The van der Waals surface area contributed by atoms with Gasteiger partial charge in [0.15, 0.2) is 12.4 Å². The predicted octanol–water partition coefficient (Wildman–Crippen LogP) is 3.45. The summed E-state index contributed by atoms with van der Waals surface area (Å²) in [7, 11) is 0. The molecule has 9 nitrogen and oxygen atoms in total. The summed E-state index contributed by atoms with van der Waals surface area (Å²) in [6.07, 6.45) is 7.89. The van der Waals surface area contributed by atoms with Gasteiger partial charge in [0.05, 0.1) is 0 Å². The van der Waals surface area contributed by atoms with E-state index < -0.39 is 0 Å². The molecule has 5 rings (SSSR count). The Kier molecular flexibility index (Phi) is 5.61. The molecule has 0 aliphatic carbocycles. The Morgan fingerprint density at radius 1 is 1.12 bits per heavy atom. The number of aromatic nitrogens is 5. The van der Waals surface area contributed by atoms with Crippen molar-refractivity contribution in [3.63, 3.8) is 0 Å². The third-order valence-corrected chi connectivity index (χ3v) is 5.40. The van der Waals surface area contributed by atoms with Crippen LogP contribution in [0.15, 0.2) is 71.6 Å². The number of amides is 1. The molecule has 4 aromatic rings. The molecule has 3 aromatic heterocycles. The van der Waals surface area contributed by atoms with Gasteiger partial charge in [0.2, 0.25) is 11.7 Å². The van der Waals surface area contributed by atoms with E-state index in [-0.39, 0.29) is 18.6 Å². The summed E-state index contributed by atoms with van der Waals surface area (Å²) < 4.78 is 12.9. The summed E-state index contributed by atoms with van der Waals surface area (Å²) >= 11 is 0. The Labute approximate surface area is 184 Å². The van der Waals surface area contributed by atoms with Crippen LogP contribution in [0.5, 0.6) is 5.75 Å². The molecule has 32 heavy (non-hydrogen) atoms. The SMILES string of the molecule is O=C(COc1ccccc1)N1CCCCC1c1nc(-c2ccnc(-n3cccn3)c2)no1. The number of hydrogen-bond acceptors (Lipinski definition) is 7. The smallest absolute Gasteiger partial charge is 0.261 e. The summed E-state index contributed by atoms with van der Waals surface area (Å²) in [6, 6.07) is 14.6. The van der Waals surface area contributed by atoms with E-state index in [0.717, 1.165) is 24.8 Å². The van der Waals surface area contributed by atoms with E-state index in [0.29, 0.717) is 29.8 Å². The van der Waals surface area contributed by atoms with Crippen molar-refractivity contribution in [2.24, 2.45) is 0 Å². The maximum Gasteiger partial charge on any atom is 0.261 e. The van der Waals surface area contributed by atoms with Gasteiger partial charge in [0, 0.05) is 30.7 Å². The minimum Gasteiger partial charge on any atom is -0.484 e. The fourth-order valence-electron chi connectivity index (χ4n) is 3.81. The Morgan fingerprint density at radius 2 is 2.03 bits per heavy atom. The first kappa shape index (κ1) is 19.9. The van der Waals surface area contributed by atoms with Gasteiger partial charge in [-0.15, -0.1) is 0 Å². The Morgan fingerprint density at radius 3 is 2.88 bits per heavy atom. The van der Waals surface area contributed by atoms with Crippen molar-refractivity contribution in [1.82, 2.24) is 29.8 Å². The lowest BCUT2D eigenvalue weighted by Crippen LogP contribution is -2.41. The van der Waals surface area contributed by atoms with Crippen LogP contribution >= 0.6 is 0 Å². The molecule has 0 bridgehead atoms. The van der Waals surface area contributed by atoms with Gasteiger partial charge in [-0.2, -0.15) is 10.1 Å². The predicted molar refractivity (Wildman–Crippen MR) is 115 cm³/mol. The molecule has 1 aliphatic rings. The maximum atomic E-state index is 12.9. The number of para-hydroxylation sites is 1. The molecule has 1 saturated heterocycles. The van der Waals surface area contributed by atoms with Crippen LogP contribution in [0.4, 0.5) is 0 Å². The van der Waals surface area contributed by atoms with Crippen molar-refractivity contribution in [3.8, 4) is 23.0 Å². The number of ether oxygens (including phenoxy) is 1. The Bertz CT molecular complexity index is 1180. The number of piperidine rings is 1. The van der Waals surface area contributed by atoms with Crippen LogP contribution < -0.4 is 4.74 Å². The van der Waals surface area contributed by atoms with E-state index in [1.54, 1.807) is 22.0 Å². The summed E-state index contributed by atoms with van der Waals surface area (Å²) in [5.41, 5.74) is 0.765. The molecule has 1 aromatic carbocycles. The summed E-state index contributed by atoms with van der Waals surface area (Å²) in [5.74, 6) is 2.12. The van der Waals surface area contributed by atoms with Crippen molar-refractivity contribution in [2.45, 2.75) is 25.3 Å². The van der Waals surface area contributed by atoms with Crippen molar-refractivity contribution in [2.75, 3.05) is 13.2 Å². The van der Waals surface area contributed by atoms with Gasteiger partial charge >= 0.3 is 0 Å². The topological polar surface area (TPSA) is 99.2 Å². The van der Waals surface area contributed by atoms with E-state index in [4.69, 9.17) is 9.26 Å². The molecule has 1 atom stereocenters. The molecule has 0 N–H and O–H groups in total. The van der Waals surface area contributed by atoms with E-state index in [2.05, 4.69) is 20.2 Å². The number of benzene rings is 1. The molecule has 4 heterocycles. The standard InChI is InChI=1S/C23H22N6O3/c30-21(16-31-18-7-2-1-3-8-18)28-13-5-4-9-19(28)23-26-22(27-32-23)17-10-12-24-20(15-17)29-14-6-11-25-29/h1-3,6-8,10-12,14-15,19H,4-5,9,13,16H2. The van der Waals surface area contributed by atoms with Crippen molar-refractivity contribution >= 4 is 5.91 Å². The fraction of sp³-hybridized carbons (Fsp3) is 0.261. The highest BCUT2D eigenvalue weighted by molar-refractivity contribution is 5.78. The van der Waals surface area contributed by atoms with Gasteiger partial charge < -0.3 is 14.2 Å². The van der Waals surface area contributed by atoms with Crippen LogP contribution in [-0.4, -0.2) is 48.9 Å². The molecule has 1 aliphatic heterocycles. The number of hydrogen-bond donors (Lipinski definition) is 0. The molecule has 9 heteroatoms. The Hall–Kier alpha value is -4.01. The monoisotopic (exact) mass is 430 g/mol. The number of pyridine rings is 1. The number of nitrogens with zero attached hydrogens (tertiary/aromatic N) is 6. The number of carbonyl (C=O) groups excluding carboxylic acids is 1. The summed E-state index contributed by atoms with van der Waals surface area (Å²) in [5, 5.41) is 8.36. The molecular formula is C23H22N6O3. The number of carbonyl (C=O) groups is 1. The first-order valence-corrected chi connectivity index (χ1v) is 10.6. The zero-order chi connectivity index (χ0) is 21.8. The number of rotatable bonds is 6. The lowest BCUT2D eigenvalue weighted by Gasteiger charge is -2.33. The molecule has 0 saturated carbocycles. The summed E-state index contributed by atoms with van der Waals surface area (Å²) in [6.45, 7) is 0.608. The second kappa shape index (κ2) is 9.01. The van der Waals surface area contributed by atoms with Gasteiger partial charge in [-0.25, -0.2) is 9.67 Å². The highest BCUT2D eigenvalue weighted by Gasteiger charge is 2.32. The Balaban J connectivity index is 1.33. The minimum atomic E-state index is -0.260. The first-order valence-electron chi connectivity index (χ1n) is 10.6. The number of likely N-dealkylation sites (tertiary alicyclic amines) is 1. The highest BCUT2D eigenvalue weighted by Crippen LogP contribution is 2.31. The van der Waals surface area contributed by atoms with Gasteiger partial charge in [0.25, 0.3) is 5.91 Å². The van der Waals surface area contributed by atoms with E-state index in [9.17, 15) is 4.79 Å². The lowest BCUT2D eigenvalue weighted by atomic mass is 10.0. The third-order valence-electron chi connectivity index (χ3n) is 5.40. The van der Waals surface area contributed by atoms with Crippen LogP contribution in [0.2, 0.25) is 0 Å². The average molecular weight is 430 g/mol. The highest BCUT2D eigenvalue weighted by atomic mass is 16.5. The van der Waals surface area contributed by atoms with Gasteiger partial charge in [0.1, 0.15) is 11.8 Å². The zero-order valence-corrected chi connectivity index (χ0v) is 17.4. The maximum absolute atomic E-state index is 12.9. The van der Waals surface area contributed by atoms with Gasteiger partial charge in [-0.1, -0.05) is 23.4 Å². The minimum absolute atomic E-state index is 0.0287. The van der Waals surface area contributed by atoms with Crippen molar-refractivity contribution in [3.05, 3.63) is 73.0 Å². The first-order chi connectivity index (χ1) is 15.8. The lowest BCUT2D eigenvalue weighted by molar-refractivity contribution is -0.138. The van der Waals surface area contributed by atoms with Gasteiger partial charge in [-0.05, 0) is 49.6 Å². The second-order valence-electron chi connectivity index (χ2n) is 7.51. The normalized spacial score (nSPS) is 16.1. The molecule has 0 spiro atoms. The fourth-order valence-corrected chi connectivity index (χ4v) is 3.81. The average Bonchev–Trinajstić information content (AvgIpc) is 3.56. The van der Waals surface area contributed by atoms with Crippen LogP contribution in [0.3, 0.4) is 0 Å². The molecular weight excluding hydrogens is 408 g/mol. The quantitative estimate of drug-likeness (QED) is 0.462. The van der Waals surface area contributed by atoms with Crippen LogP contribution in [-0.2, 0) is 4.79 Å². The summed E-state index contributed by atoms with van der Waals surface area (Å²) in [4.78, 5) is 23.6.